The largest absolute Gasteiger partial charge is 0.443 e. The molecule has 4 amide bonds. The van der Waals surface area contributed by atoms with Crippen LogP contribution in [0.3, 0.4) is 0 Å². The van der Waals surface area contributed by atoms with Gasteiger partial charge in [-0.3, -0.25) is 14.6 Å². The molecule has 4 rings (SSSR count). The van der Waals surface area contributed by atoms with Crippen molar-refractivity contribution in [2.45, 2.75) is 13.0 Å². The number of nitrogens with two attached hydrogens (primary N) is 1. The van der Waals surface area contributed by atoms with E-state index in [0.29, 0.717) is 35.7 Å². The number of rotatable bonds is 5. The highest BCUT2D eigenvalue weighted by atomic mass is 19.1. The van der Waals surface area contributed by atoms with Gasteiger partial charge in [-0.2, -0.15) is 0 Å². The van der Waals surface area contributed by atoms with E-state index < -0.39 is 29.8 Å². The smallest absolute Gasteiger partial charge is 0.414 e. The predicted molar refractivity (Wildman–Crippen MR) is 106 cm³/mol. The summed E-state index contributed by atoms with van der Waals surface area (Å²) in [5, 5.41) is 2.70. The number of nitrogens with zero attached hydrogens (tertiary/aromatic N) is 3. The van der Waals surface area contributed by atoms with Gasteiger partial charge in [0.15, 0.2) is 0 Å². The lowest BCUT2D eigenvalue weighted by atomic mass is 10.0. The maximum atomic E-state index is 14.8. The highest BCUT2D eigenvalue weighted by molar-refractivity contribution is 5.93. The lowest BCUT2D eigenvalue weighted by molar-refractivity contribution is -0.123. The zero-order valence-electron chi connectivity index (χ0n) is 16.2. The normalized spacial score (nSPS) is 19.6. The monoisotopic (exact) mass is 413 g/mol. The summed E-state index contributed by atoms with van der Waals surface area (Å²) in [6.07, 6.45) is 0.153. The Morgan fingerprint density at radius 2 is 2.10 bits per heavy atom. The zero-order valence-corrected chi connectivity index (χ0v) is 16.2. The molecule has 156 valence electrons. The molecule has 3 heterocycles. The fourth-order valence-electron chi connectivity index (χ4n) is 3.44. The summed E-state index contributed by atoms with van der Waals surface area (Å²) in [6.45, 7) is 2.76. The third-order valence-corrected chi connectivity index (χ3v) is 5.30. The molecule has 2 aliphatic heterocycles. The number of ether oxygens (including phenoxy) is 1. The average molecular weight is 413 g/mol. The van der Waals surface area contributed by atoms with Crippen LogP contribution < -0.4 is 20.9 Å². The minimum absolute atomic E-state index is 0.107. The molecule has 3 N–H and O–H groups in total. The van der Waals surface area contributed by atoms with Crippen molar-refractivity contribution in [3.05, 3.63) is 42.3 Å². The Kier molecular flexibility index (Phi) is 4.98. The van der Waals surface area contributed by atoms with Gasteiger partial charge in [0.05, 0.1) is 18.2 Å². The lowest BCUT2D eigenvalue weighted by Gasteiger charge is -2.16. The highest BCUT2D eigenvalue weighted by Gasteiger charge is 2.38. The van der Waals surface area contributed by atoms with Gasteiger partial charge in [-0.1, -0.05) is 0 Å². The number of pyridine rings is 1. The van der Waals surface area contributed by atoms with Gasteiger partial charge in [-0.05, 0) is 37.3 Å². The van der Waals surface area contributed by atoms with E-state index in [1.807, 2.05) is 0 Å². The van der Waals surface area contributed by atoms with Crippen molar-refractivity contribution >= 4 is 29.5 Å². The van der Waals surface area contributed by atoms with Crippen molar-refractivity contribution in [1.29, 1.82) is 0 Å². The summed E-state index contributed by atoms with van der Waals surface area (Å²) in [6, 6.07) is 7.49. The SMILES string of the molecule is C[C@H](C(N)=O)C1CN(c2ccc(-c3ccc(N4CCNC4=O)nc3)c(F)c2)C(=O)O1. The van der Waals surface area contributed by atoms with Gasteiger partial charge in [0.2, 0.25) is 5.91 Å². The molecule has 1 aromatic heterocycles. The molecule has 0 radical (unpaired) electrons. The molecule has 0 saturated carbocycles. The van der Waals surface area contributed by atoms with E-state index in [4.69, 9.17) is 10.5 Å². The van der Waals surface area contributed by atoms with E-state index in [0.717, 1.165) is 0 Å². The molecule has 9 nitrogen and oxygen atoms in total. The Bertz CT molecular complexity index is 1010. The number of urea groups is 1. The molecule has 0 spiro atoms. The molecule has 2 saturated heterocycles. The second-order valence-electron chi connectivity index (χ2n) is 7.18. The molecule has 2 fully saturated rings. The third kappa shape index (κ3) is 3.51. The number of halogens is 1. The highest BCUT2D eigenvalue weighted by Crippen LogP contribution is 2.30. The first-order valence-electron chi connectivity index (χ1n) is 9.44. The number of aromatic nitrogens is 1. The number of carbonyl (C=O) groups is 3. The van der Waals surface area contributed by atoms with Gasteiger partial charge in [-0.25, -0.2) is 19.0 Å². The molecule has 2 aliphatic rings. The summed E-state index contributed by atoms with van der Waals surface area (Å²) in [5.74, 6) is -1.27. The first kappa shape index (κ1) is 19.6. The van der Waals surface area contributed by atoms with Gasteiger partial charge >= 0.3 is 12.1 Å². The Morgan fingerprint density at radius 3 is 2.70 bits per heavy atom. The fraction of sp³-hybridized carbons (Fsp3) is 0.300. The van der Waals surface area contributed by atoms with Crippen LogP contribution in [0.15, 0.2) is 36.5 Å². The van der Waals surface area contributed by atoms with Crippen LogP contribution in [0.4, 0.5) is 25.5 Å². The Balaban J connectivity index is 1.53. The van der Waals surface area contributed by atoms with E-state index in [9.17, 15) is 18.8 Å². The van der Waals surface area contributed by atoms with Gasteiger partial charge in [-0.15, -0.1) is 0 Å². The van der Waals surface area contributed by atoms with E-state index >= 15 is 0 Å². The Morgan fingerprint density at radius 1 is 1.30 bits per heavy atom. The molecule has 1 unspecified atom stereocenters. The van der Waals surface area contributed by atoms with Crippen molar-refractivity contribution in [3.8, 4) is 11.1 Å². The summed E-state index contributed by atoms with van der Waals surface area (Å²) in [7, 11) is 0. The van der Waals surface area contributed by atoms with Crippen LogP contribution in [0.5, 0.6) is 0 Å². The number of benzene rings is 1. The van der Waals surface area contributed by atoms with Crippen LogP contribution in [0.1, 0.15) is 6.92 Å². The minimum atomic E-state index is -0.683. The molecular weight excluding hydrogens is 393 g/mol. The molecule has 30 heavy (non-hydrogen) atoms. The van der Waals surface area contributed by atoms with Crippen LogP contribution in [0.25, 0.3) is 11.1 Å². The number of primary amides is 1. The van der Waals surface area contributed by atoms with E-state index in [1.165, 1.54) is 22.1 Å². The van der Waals surface area contributed by atoms with Gasteiger partial charge in [0.25, 0.3) is 0 Å². The van der Waals surface area contributed by atoms with Crippen molar-refractivity contribution in [2.75, 3.05) is 29.4 Å². The van der Waals surface area contributed by atoms with Gasteiger partial charge < -0.3 is 15.8 Å². The summed E-state index contributed by atoms with van der Waals surface area (Å²) >= 11 is 0. The second kappa shape index (κ2) is 7.62. The quantitative estimate of drug-likeness (QED) is 0.776. The number of cyclic esters (lactones) is 1. The molecule has 10 heteroatoms. The Labute approximate surface area is 171 Å². The van der Waals surface area contributed by atoms with Crippen molar-refractivity contribution in [3.63, 3.8) is 0 Å². The first-order chi connectivity index (χ1) is 14.3. The van der Waals surface area contributed by atoms with Crippen molar-refractivity contribution in [1.82, 2.24) is 10.3 Å². The number of amides is 4. The number of anilines is 2. The maximum Gasteiger partial charge on any atom is 0.414 e. The second-order valence-corrected chi connectivity index (χ2v) is 7.18. The van der Waals surface area contributed by atoms with Crippen LogP contribution in [-0.4, -0.2) is 48.8 Å². The fourth-order valence-corrected chi connectivity index (χ4v) is 3.44. The number of hydrogen-bond donors (Lipinski definition) is 2. The Hall–Kier alpha value is -3.69. The third-order valence-electron chi connectivity index (χ3n) is 5.30. The molecular formula is C20H20FN5O4. The standard InChI is InChI=1S/C20H20FN5O4/c1-11(18(22)27)16-10-26(20(29)30-16)13-3-4-14(15(21)8-13)12-2-5-17(24-9-12)25-7-6-23-19(25)28/h2-5,8-9,11,16H,6-7,10H2,1H3,(H2,22,27)(H,23,28)/t11-,16?/m0/s1. The van der Waals surface area contributed by atoms with E-state index in [2.05, 4.69) is 10.3 Å². The van der Waals surface area contributed by atoms with E-state index in [-0.39, 0.29) is 12.6 Å². The van der Waals surface area contributed by atoms with Crippen LogP contribution in [0, 0.1) is 11.7 Å². The molecule has 0 bridgehead atoms. The van der Waals surface area contributed by atoms with E-state index in [1.54, 1.807) is 31.2 Å². The van der Waals surface area contributed by atoms with Crippen LogP contribution in [0.2, 0.25) is 0 Å². The molecule has 1 aromatic carbocycles. The van der Waals surface area contributed by atoms with Crippen LogP contribution >= 0.6 is 0 Å². The predicted octanol–water partition coefficient (Wildman–Crippen LogP) is 1.86. The molecule has 2 aromatic rings. The first-order valence-corrected chi connectivity index (χ1v) is 9.44. The number of hydrogen-bond acceptors (Lipinski definition) is 5. The summed E-state index contributed by atoms with van der Waals surface area (Å²) in [5.41, 5.74) is 6.43. The number of carbonyl (C=O) groups excluding carboxylic acids is 3. The zero-order chi connectivity index (χ0) is 21.4. The van der Waals surface area contributed by atoms with Crippen molar-refractivity contribution < 1.29 is 23.5 Å². The topological polar surface area (TPSA) is 118 Å². The average Bonchev–Trinajstić information content (AvgIpc) is 3.33. The summed E-state index contributed by atoms with van der Waals surface area (Å²) < 4.78 is 20.0. The van der Waals surface area contributed by atoms with Crippen molar-refractivity contribution in [2.24, 2.45) is 11.7 Å². The van der Waals surface area contributed by atoms with Crippen LogP contribution in [-0.2, 0) is 9.53 Å². The summed E-state index contributed by atoms with van der Waals surface area (Å²) in [4.78, 5) is 42.2. The molecule has 2 atom stereocenters. The van der Waals surface area contributed by atoms with Gasteiger partial charge in [0, 0.05) is 30.4 Å². The maximum absolute atomic E-state index is 14.8. The minimum Gasteiger partial charge on any atom is -0.443 e. The molecule has 0 aliphatic carbocycles. The lowest BCUT2D eigenvalue weighted by Crippen LogP contribution is -2.34. The van der Waals surface area contributed by atoms with Gasteiger partial charge in [0.1, 0.15) is 17.7 Å². The number of nitrogens with one attached hydrogen (secondary N) is 1.